The summed E-state index contributed by atoms with van der Waals surface area (Å²) in [5.41, 5.74) is 1.36. The van der Waals surface area contributed by atoms with Crippen molar-refractivity contribution in [2.24, 2.45) is 5.92 Å². The number of carbonyl (C=O) groups is 2. The Morgan fingerprint density at radius 1 is 1.03 bits per heavy atom. The molecule has 4 rings (SSSR count). The number of hydrogen-bond donors (Lipinski definition) is 0. The first kappa shape index (κ1) is 21.1. The number of Topliss-reactive ketones (excluding diaryl/α,β-unsaturated/α-hetero) is 1. The minimum Gasteiger partial charge on any atom is -0.481 e. The number of fused-ring (bicyclic) bond motifs is 2. The van der Waals surface area contributed by atoms with Crippen LogP contribution in [-0.4, -0.2) is 61.3 Å². The molecule has 2 unspecified atom stereocenters. The fourth-order valence-corrected chi connectivity index (χ4v) is 4.32. The van der Waals surface area contributed by atoms with Gasteiger partial charge in [-0.2, -0.15) is 4.98 Å². The molecule has 2 aromatic rings. The van der Waals surface area contributed by atoms with Crippen LogP contribution in [0.3, 0.4) is 0 Å². The number of pyridine rings is 1. The predicted octanol–water partition coefficient (Wildman–Crippen LogP) is 3.10. The van der Waals surface area contributed by atoms with Gasteiger partial charge in [-0.25, -0.2) is 4.79 Å². The second kappa shape index (κ2) is 9.34. The van der Waals surface area contributed by atoms with Crippen molar-refractivity contribution < 1.29 is 28.5 Å². The minimum absolute atomic E-state index is 0.0406. The number of methoxy groups -OCH3 is 2. The third-order valence-corrected chi connectivity index (χ3v) is 5.81. The lowest BCUT2D eigenvalue weighted by atomic mass is 9.81. The van der Waals surface area contributed by atoms with Crippen molar-refractivity contribution in [2.45, 2.75) is 31.5 Å². The fourth-order valence-electron chi connectivity index (χ4n) is 4.32. The Bertz CT molecular complexity index is 921. The van der Waals surface area contributed by atoms with Crippen LogP contribution in [0.4, 0.5) is 4.79 Å². The van der Waals surface area contributed by atoms with Crippen LogP contribution >= 0.6 is 0 Å². The Labute approximate surface area is 181 Å². The number of hydrogen-bond acceptors (Lipinski definition) is 7. The van der Waals surface area contributed by atoms with Gasteiger partial charge in [-0.1, -0.05) is 30.3 Å². The number of benzene rings is 1. The fraction of sp³-hybridized carbons (Fsp3) is 0.435. The lowest BCUT2D eigenvalue weighted by Gasteiger charge is -2.47. The van der Waals surface area contributed by atoms with E-state index in [0.717, 1.165) is 5.56 Å². The molecule has 0 N–H and O–H groups in total. The molecular weight excluding hydrogens is 400 g/mol. The third-order valence-electron chi connectivity index (χ3n) is 5.81. The van der Waals surface area contributed by atoms with Crippen molar-refractivity contribution in [3.63, 3.8) is 0 Å². The van der Waals surface area contributed by atoms with Gasteiger partial charge in [0.2, 0.25) is 11.8 Å². The highest BCUT2D eigenvalue weighted by atomic mass is 16.6. The molecule has 2 fully saturated rings. The zero-order valence-electron chi connectivity index (χ0n) is 17.7. The highest BCUT2D eigenvalue weighted by Crippen LogP contribution is 2.35. The average molecular weight is 426 g/mol. The summed E-state index contributed by atoms with van der Waals surface area (Å²) in [6, 6.07) is 12.5. The summed E-state index contributed by atoms with van der Waals surface area (Å²) < 4.78 is 21.6. The largest absolute Gasteiger partial charge is 0.481 e. The van der Waals surface area contributed by atoms with Crippen LogP contribution in [0.1, 0.15) is 28.8 Å². The Kier molecular flexibility index (Phi) is 6.36. The molecule has 0 spiro atoms. The van der Waals surface area contributed by atoms with Crippen molar-refractivity contribution in [1.29, 1.82) is 0 Å². The number of piperidine rings is 1. The van der Waals surface area contributed by atoms with E-state index < -0.39 is 0 Å². The van der Waals surface area contributed by atoms with E-state index in [-0.39, 0.29) is 42.4 Å². The molecule has 2 bridgehead atoms. The van der Waals surface area contributed by atoms with E-state index in [1.807, 2.05) is 30.3 Å². The quantitative estimate of drug-likeness (QED) is 0.656. The predicted molar refractivity (Wildman–Crippen MR) is 111 cm³/mol. The molecular formula is C23H26N2O6. The van der Waals surface area contributed by atoms with Crippen LogP contribution in [0.5, 0.6) is 11.8 Å². The number of rotatable bonds is 6. The van der Waals surface area contributed by atoms with Gasteiger partial charge < -0.3 is 18.9 Å². The number of ether oxygens (including phenoxy) is 4. The van der Waals surface area contributed by atoms with E-state index in [0.29, 0.717) is 37.5 Å². The van der Waals surface area contributed by atoms with Gasteiger partial charge in [-0.15, -0.1) is 0 Å². The summed E-state index contributed by atoms with van der Waals surface area (Å²) in [7, 11) is 2.99. The molecule has 8 nitrogen and oxygen atoms in total. The van der Waals surface area contributed by atoms with Gasteiger partial charge in [0.25, 0.3) is 0 Å². The lowest BCUT2D eigenvalue weighted by molar-refractivity contribution is -0.0755. The molecule has 3 heterocycles. The van der Waals surface area contributed by atoms with E-state index in [9.17, 15) is 9.59 Å². The Balaban J connectivity index is 1.45. The van der Waals surface area contributed by atoms with E-state index in [1.54, 1.807) is 17.0 Å². The van der Waals surface area contributed by atoms with E-state index in [2.05, 4.69) is 4.98 Å². The Morgan fingerprint density at radius 2 is 1.74 bits per heavy atom. The van der Waals surface area contributed by atoms with E-state index in [4.69, 9.17) is 18.9 Å². The summed E-state index contributed by atoms with van der Waals surface area (Å²) >= 11 is 0. The van der Waals surface area contributed by atoms with Crippen molar-refractivity contribution in [3.05, 3.63) is 53.6 Å². The van der Waals surface area contributed by atoms with E-state index in [1.165, 1.54) is 14.2 Å². The summed E-state index contributed by atoms with van der Waals surface area (Å²) in [5.74, 6) is 0.340. The van der Waals surface area contributed by atoms with Gasteiger partial charge in [-0.3, -0.25) is 9.69 Å². The number of ketones is 1. The third kappa shape index (κ3) is 4.49. The van der Waals surface area contributed by atoms with Crippen LogP contribution < -0.4 is 9.47 Å². The molecule has 1 amide bonds. The normalized spacial score (nSPS) is 22.5. The van der Waals surface area contributed by atoms with Crippen LogP contribution in [0.2, 0.25) is 0 Å². The molecule has 0 saturated carbocycles. The molecule has 0 radical (unpaired) electrons. The Morgan fingerprint density at radius 3 is 2.39 bits per heavy atom. The van der Waals surface area contributed by atoms with Crippen molar-refractivity contribution >= 4 is 11.9 Å². The SMILES string of the molecule is COc1ccc(C(=O)C2CC3COCC(C2)N3C(=O)OCc2ccccc2)c(OC)n1. The number of morpholine rings is 1. The zero-order valence-corrected chi connectivity index (χ0v) is 17.7. The zero-order chi connectivity index (χ0) is 21.8. The first-order valence-electron chi connectivity index (χ1n) is 10.3. The highest BCUT2D eigenvalue weighted by molar-refractivity contribution is 6.00. The number of aromatic nitrogens is 1. The molecule has 31 heavy (non-hydrogen) atoms. The molecule has 8 heteroatoms. The molecule has 1 aromatic carbocycles. The number of amides is 1. The summed E-state index contributed by atoms with van der Waals surface area (Å²) in [6.45, 7) is 0.991. The van der Waals surface area contributed by atoms with Gasteiger partial charge in [0.05, 0.1) is 45.1 Å². The monoisotopic (exact) mass is 426 g/mol. The number of carbonyl (C=O) groups excluding carboxylic acids is 2. The van der Waals surface area contributed by atoms with Crippen LogP contribution in [0, 0.1) is 5.92 Å². The maximum absolute atomic E-state index is 13.3. The first-order chi connectivity index (χ1) is 15.1. The second-order valence-corrected chi connectivity index (χ2v) is 7.74. The van der Waals surface area contributed by atoms with Gasteiger partial charge >= 0.3 is 6.09 Å². The Hall–Kier alpha value is -3.13. The van der Waals surface area contributed by atoms with Crippen molar-refractivity contribution in [2.75, 3.05) is 27.4 Å². The average Bonchev–Trinajstić information content (AvgIpc) is 2.81. The molecule has 1 aromatic heterocycles. The molecule has 2 aliphatic heterocycles. The van der Waals surface area contributed by atoms with Crippen LogP contribution in [0.25, 0.3) is 0 Å². The highest BCUT2D eigenvalue weighted by Gasteiger charge is 2.45. The minimum atomic E-state index is -0.364. The van der Waals surface area contributed by atoms with Gasteiger partial charge in [0, 0.05) is 12.0 Å². The lowest BCUT2D eigenvalue weighted by Crippen LogP contribution is -2.59. The van der Waals surface area contributed by atoms with Gasteiger partial charge in [0.15, 0.2) is 5.78 Å². The molecule has 2 atom stereocenters. The summed E-state index contributed by atoms with van der Waals surface area (Å²) in [5, 5.41) is 0. The van der Waals surface area contributed by atoms with Crippen LogP contribution in [0.15, 0.2) is 42.5 Å². The second-order valence-electron chi connectivity index (χ2n) is 7.74. The first-order valence-corrected chi connectivity index (χ1v) is 10.3. The van der Waals surface area contributed by atoms with Gasteiger partial charge in [-0.05, 0) is 24.5 Å². The maximum Gasteiger partial charge on any atom is 0.410 e. The molecule has 2 saturated heterocycles. The van der Waals surface area contributed by atoms with E-state index >= 15 is 0 Å². The van der Waals surface area contributed by atoms with Crippen molar-refractivity contribution in [3.8, 4) is 11.8 Å². The maximum atomic E-state index is 13.3. The van der Waals surface area contributed by atoms with Gasteiger partial charge in [0.1, 0.15) is 6.61 Å². The molecule has 164 valence electrons. The summed E-state index contributed by atoms with van der Waals surface area (Å²) in [6.07, 6.45) is 0.646. The number of nitrogens with zero attached hydrogens (tertiary/aromatic N) is 2. The topological polar surface area (TPSA) is 87.2 Å². The smallest absolute Gasteiger partial charge is 0.410 e. The summed E-state index contributed by atoms with van der Waals surface area (Å²) in [4.78, 5) is 32.1. The standard InChI is InChI=1S/C23H26N2O6/c1-28-20-9-8-19(22(24-20)29-2)21(26)16-10-17-13-30-14-18(11-16)25(17)23(27)31-12-15-6-4-3-5-7-15/h3-9,16-18H,10-14H2,1-2H3. The van der Waals surface area contributed by atoms with Crippen molar-refractivity contribution in [1.82, 2.24) is 9.88 Å². The van der Waals surface area contributed by atoms with Crippen LogP contribution in [-0.2, 0) is 16.1 Å². The molecule has 0 aliphatic carbocycles. The molecule has 2 aliphatic rings.